The Labute approximate surface area is 117 Å². The van der Waals surface area contributed by atoms with Crippen LogP contribution < -0.4 is 10.6 Å². The fourth-order valence-corrected chi connectivity index (χ4v) is 3.22. The van der Waals surface area contributed by atoms with E-state index in [0.29, 0.717) is 6.54 Å². The van der Waals surface area contributed by atoms with E-state index in [9.17, 15) is 4.79 Å². The molecule has 1 amide bonds. The normalized spacial score (nSPS) is 14.1. The van der Waals surface area contributed by atoms with Crippen molar-refractivity contribution < 1.29 is 9.90 Å². The molecule has 6 heteroatoms. The van der Waals surface area contributed by atoms with E-state index < -0.39 is 6.09 Å². The molecule has 0 fully saturated rings. The molecule has 0 aromatic heterocycles. The highest BCUT2D eigenvalue weighted by atomic mass is 32.2. The van der Waals surface area contributed by atoms with Gasteiger partial charge >= 0.3 is 6.09 Å². The fourth-order valence-electron chi connectivity index (χ4n) is 2.12. The van der Waals surface area contributed by atoms with Crippen molar-refractivity contribution in [3.05, 3.63) is 18.2 Å². The first-order valence-corrected chi connectivity index (χ1v) is 7.28. The third kappa shape index (κ3) is 3.47. The summed E-state index contributed by atoms with van der Waals surface area (Å²) in [5.74, 6) is 1.05. The molecule has 0 unspecified atom stereocenters. The van der Waals surface area contributed by atoms with Crippen molar-refractivity contribution in [2.24, 2.45) is 0 Å². The van der Waals surface area contributed by atoms with Gasteiger partial charge in [-0.2, -0.15) is 0 Å². The zero-order valence-corrected chi connectivity index (χ0v) is 11.8. The second-order valence-electron chi connectivity index (χ2n) is 4.62. The van der Waals surface area contributed by atoms with E-state index in [1.54, 1.807) is 7.05 Å². The molecular formula is C13H19N3O2S. The number of carbonyl (C=O) groups is 1. The first-order chi connectivity index (χ1) is 9.08. The molecule has 0 radical (unpaired) electrons. The molecule has 3 N–H and O–H groups in total. The Kier molecular flexibility index (Phi) is 4.42. The summed E-state index contributed by atoms with van der Waals surface area (Å²) in [4.78, 5) is 15.6. The monoisotopic (exact) mass is 281 g/mol. The molecule has 0 saturated heterocycles. The molecule has 0 atom stereocenters. The maximum Gasteiger partial charge on any atom is 0.407 e. The van der Waals surface area contributed by atoms with Crippen LogP contribution in [-0.4, -0.2) is 48.5 Å². The van der Waals surface area contributed by atoms with Gasteiger partial charge in [0.25, 0.3) is 0 Å². The minimum absolute atomic E-state index is 0.559. The van der Waals surface area contributed by atoms with Crippen LogP contribution in [0.5, 0.6) is 0 Å². The molecule has 2 rings (SSSR count). The van der Waals surface area contributed by atoms with E-state index in [4.69, 9.17) is 10.8 Å². The minimum Gasteiger partial charge on any atom is -0.465 e. The second-order valence-corrected chi connectivity index (χ2v) is 5.76. The van der Waals surface area contributed by atoms with E-state index >= 15 is 0 Å². The number of anilines is 2. The van der Waals surface area contributed by atoms with Crippen molar-refractivity contribution in [3.8, 4) is 0 Å². The molecule has 0 spiro atoms. The number of amides is 1. The number of carboxylic acid groups (broad SMARTS) is 1. The van der Waals surface area contributed by atoms with Crippen molar-refractivity contribution in [1.82, 2.24) is 4.90 Å². The lowest BCUT2D eigenvalue weighted by molar-refractivity contribution is 0.155. The lowest BCUT2D eigenvalue weighted by atomic mass is 10.2. The summed E-state index contributed by atoms with van der Waals surface area (Å²) in [5.41, 5.74) is 7.80. The molecule has 0 bridgehead atoms. The topological polar surface area (TPSA) is 69.8 Å². The molecule has 0 saturated carbocycles. The number of benzene rings is 1. The summed E-state index contributed by atoms with van der Waals surface area (Å²) < 4.78 is 0. The van der Waals surface area contributed by atoms with Crippen LogP contribution in [0.2, 0.25) is 0 Å². The highest BCUT2D eigenvalue weighted by Gasteiger charge is 2.17. The molecule has 0 aliphatic carbocycles. The van der Waals surface area contributed by atoms with Crippen LogP contribution in [0.25, 0.3) is 0 Å². The van der Waals surface area contributed by atoms with E-state index in [0.717, 1.165) is 31.0 Å². The molecule has 19 heavy (non-hydrogen) atoms. The zero-order chi connectivity index (χ0) is 13.8. The number of hydrogen-bond acceptors (Lipinski definition) is 4. The minimum atomic E-state index is -0.873. The summed E-state index contributed by atoms with van der Waals surface area (Å²) in [6.45, 7) is 2.43. The van der Waals surface area contributed by atoms with Gasteiger partial charge < -0.3 is 20.6 Å². The Balaban J connectivity index is 1.94. The summed E-state index contributed by atoms with van der Waals surface area (Å²) >= 11 is 1.83. The molecule has 1 aliphatic heterocycles. The van der Waals surface area contributed by atoms with E-state index in [1.807, 2.05) is 23.9 Å². The average molecular weight is 281 g/mol. The smallest absolute Gasteiger partial charge is 0.407 e. The quantitative estimate of drug-likeness (QED) is 0.828. The lowest BCUT2D eigenvalue weighted by Crippen LogP contribution is -2.33. The van der Waals surface area contributed by atoms with Crippen LogP contribution in [0.4, 0.5) is 16.2 Å². The molecule has 1 heterocycles. The van der Waals surface area contributed by atoms with Crippen LogP contribution in [-0.2, 0) is 0 Å². The Morgan fingerprint density at radius 3 is 3.11 bits per heavy atom. The number of hydrogen-bond donors (Lipinski definition) is 2. The SMILES string of the molecule is CN(CCCN1CCSc2cc(N)ccc21)C(=O)O. The molecule has 5 nitrogen and oxygen atoms in total. The third-order valence-corrected chi connectivity index (χ3v) is 4.22. The van der Waals surface area contributed by atoms with Crippen LogP contribution in [0.1, 0.15) is 6.42 Å². The van der Waals surface area contributed by atoms with Gasteiger partial charge in [-0.1, -0.05) is 0 Å². The number of rotatable bonds is 4. The van der Waals surface area contributed by atoms with Gasteiger partial charge in [0, 0.05) is 43.0 Å². The van der Waals surface area contributed by atoms with Crippen LogP contribution >= 0.6 is 11.8 Å². The van der Waals surface area contributed by atoms with Gasteiger partial charge in [0.2, 0.25) is 0 Å². The van der Waals surface area contributed by atoms with Gasteiger partial charge in [-0.15, -0.1) is 11.8 Å². The molecule has 1 aromatic rings. The second kappa shape index (κ2) is 6.06. The lowest BCUT2D eigenvalue weighted by Gasteiger charge is -2.31. The van der Waals surface area contributed by atoms with Crippen molar-refractivity contribution in [1.29, 1.82) is 0 Å². The summed E-state index contributed by atoms with van der Waals surface area (Å²) in [6.07, 6.45) is -0.0422. The van der Waals surface area contributed by atoms with Gasteiger partial charge in [0.05, 0.1) is 5.69 Å². The van der Waals surface area contributed by atoms with Crippen LogP contribution in [0.3, 0.4) is 0 Å². The van der Waals surface area contributed by atoms with Crippen molar-refractivity contribution >= 4 is 29.2 Å². The van der Waals surface area contributed by atoms with Crippen molar-refractivity contribution in [2.45, 2.75) is 11.3 Å². The fraction of sp³-hybridized carbons (Fsp3) is 0.462. The largest absolute Gasteiger partial charge is 0.465 e. The number of nitrogen functional groups attached to an aromatic ring is 1. The predicted octanol–water partition coefficient (Wildman–Crippen LogP) is 2.18. The molecule has 1 aliphatic rings. The predicted molar refractivity (Wildman–Crippen MR) is 79.1 cm³/mol. The Morgan fingerprint density at radius 2 is 2.37 bits per heavy atom. The van der Waals surface area contributed by atoms with Gasteiger partial charge in [-0.25, -0.2) is 4.79 Å². The van der Waals surface area contributed by atoms with Gasteiger partial charge in [-0.05, 0) is 24.6 Å². The molecule has 104 valence electrons. The Hall–Kier alpha value is -1.56. The van der Waals surface area contributed by atoms with Crippen LogP contribution in [0, 0.1) is 0 Å². The van der Waals surface area contributed by atoms with E-state index in [-0.39, 0.29) is 0 Å². The third-order valence-electron chi connectivity index (χ3n) is 3.19. The van der Waals surface area contributed by atoms with Crippen LogP contribution in [0.15, 0.2) is 23.1 Å². The number of nitrogens with two attached hydrogens (primary N) is 1. The standard InChI is InChI=1S/C13H19N3O2S/c1-15(13(17)18)5-2-6-16-7-8-19-12-9-10(14)3-4-11(12)16/h3-4,9H,2,5-8,14H2,1H3,(H,17,18). The van der Waals surface area contributed by atoms with Crippen molar-refractivity contribution in [3.63, 3.8) is 0 Å². The van der Waals surface area contributed by atoms with Gasteiger partial charge in [0.15, 0.2) is 0 Å². The maximum absolute atomic E-state index is 10.7. The van der Waals surface area contributed by atoms with E-state index in [2.05, 4.69) is 11.0 Å². The summed E-state index contributed by atoms with van der Waals surface area (Å²) in [6, 6.07) is 5.98. The highest BCUT2D eigenvalue weighted by molar-refractivity contribution is 7.99. The number of nitrogens with zero attached hydrogens (tertiary/aromatic N) is 2. The Bertz CT molecular complexity index is 467. The first kappa shape index (κ1) is 13.9. The summed E-state index contributed by atoms with van der Waals surface area (Å²) in [7, 11) is 1.60. The number of fused-ring (bicyclic) bond motifs is 1. The van der Waals surface area contributed by atoms with Gasteiger partial charge in [0.1, 0.15) is 0 Å². The van der Waals surface area contributed by atoms with Crippen molar-refractivity contribution in [2.75, 3.05) is 43.1 Å². The van der Waals surface area contributed by atoms with Gasteiger partial charge in [-0.3, -0.25) is 0 Å². The number of thioether (sulfide) groups is 1. The first-order valence-electron chi connectivity index (χ1n) is 6.29. The molecule has 1 aromatic carbocycles. The summed E-state index contributed by atoms with van der Waals surface area (Å²) in [5, 5.41) is 8.80. The highest BCUT2D eigenvalue weighted by Crippen LogP contribution is 2.35. The van der Waals surface area contributed by atoms with E-state index in [1.165, 1.54) is 15.5 Å². The maximum atomic E-state index is 10.7. The average Bonchev–Trinajstić information content (AvgIpc) is 2.38. The molecular weight excluding hydrogens is 262 g/mol. The zero-order valence-electron chi connectivity index (χ0n) is 11.0. The Morgan fingerprint density at radius 1 is 1.58 bits per heavy atom.